The molecule has 0 aliphatic rings. The van der Waals surface area contributed by atoms with Crippen LogP contribution < -0.4 is 0 Å². The van der Waals surface area contributed by atoms with Crippen molar-refractivity contribution in [2.75, 3.05) is 0 Å². The van der Waals surface area contributed by atoms with E-state index < -0.39 is 5.60 Å². The molecule has 4 nitrogen and oxygen atoms in total. The van der Waals surface area contributed by atoms with Gasteiger partial charge in [0.25, 0.3) is 0 Å². The third-order valence-corrected chi connectivity index (χ3v) is 2.38. The second-order valence-electron chi connectivity index (χ2n) is 5.08. The number of H-pyrrole nitrogens is 1. The van der Waals surface area contributed by atoms with Gasteiger partial charge < -0.3 is 5.11 Å². The van der Waals surface area contributed by atoms with Gasteiger partial charge in [-0.1, -0.05) is 27.7 Å². The van der Waals surface area contributed by atoms with Crippen molar-refractivity contribution in [2.45, 2.75) is 46.1 Å². The van der Waals surface area contributed by atoms with Crippen LogP contribution >= 0.6 is 0 Å². The second kappa shape index (κ2) is 4.75. The average Bonchev–Trinajstić information content (AvgIpc) is 2.51. The molecule has 1 aromatic heterocycles. The second-order valence-corrected chi connectivity index (χ2v) is 5.08. The molecule has 1 heterocycles. The van der Waals surface area contributed by atoms with Crippen LogP contribution in [0.3, 0.4) is 0 Å². The van der Waals surface area contributed by atoms with E-state index >= 15 is 0 Å². The zero-order chi connectivity index (χ0) is 11.5. The molecule has 1 rings (SSSR count). The summed E-state index contributed by atoms with van der Waals surface area (Å²) in [6.45, 7) is 8.41. The summed E-state index contributed by atoms with van der Waals surface area (Å²) in [6, 6.07) is 0. The molecule has 0 saturated heterocycles. The highest BCUT2D eigenvalue weighted by molar-refractivity contribution is 5.06. The number of hydrogen-bond acceptors (Lipinski definition) is 3. The van der Waals surface area contributed by atoms with E-state index in [0.29, 0.717) is 17.5 Å². The lowest BCUT2D eigenvalue weighted by Crippen LogP contribution is -2.30. The predicted octanol–water partition coefficient (Wildman–Crippen LogP) is 2.08. The Kier molecular flexibility index (Phi) is 3.85. The van der Waals surface area contributed by atoms with Gasteiger partial charge in [-0.15, -0.1) is 0 Å². The normalized spacial score (nSPS) is 12.7. The molecule has 2 N–H and O–H groups in total. The maximum Gasteiger partial charge on any atom is 0.114 e. The summed E-state index contributed by atoms with van der Waals surface area (Å²) >= 11 is 0. The van der Waals surface area contributed by atoms with E-state index in [4.69, 9.17) is 0 Å². The number of hydrogen-bond donors (Lipinski definition) is 2. The van der Waals surface area contributed by atoms with Crippen molar-refractivity contribution in [3.05, 3.63) is 11.9 Å². The van der Waals surface area contributed by atoms with Gasteiger partial charge in [-0.2, -0.15) is 15.4 Å². The number of nitrogens with zero attached hydrogens (tertiary/aromatic N) is 2. The van der Waals surface area contributed by atoms with Crippen LogP contribution in [0.15, 0.2) is 6.20 Å². The minimum absolute atomic E-state index is 0.436. The first-order valence-corrected chi connectivity index (χ1v) is 5.52. The molecule has 0 aliphatic heterocycles. The van der Waals surface area contributed by atoms with Gasteiger partial charge in [0.2, 0.25) is 0 Å². The summed E-state index contributed by atoms with van der Waals surface area (Å²) in [4.78, 5) is 0. The van der Waals surface area contributed by atoms with Gasteiger partial charge in [0.1, 0.15) is 11.3 Å². The van der Waals surface area contributed by atoms with E-state index in [1.165, 1.54) is 0 Å². The van der Waals surface area contributed by atoms with Crippen LogP contribution in [0.5, 0.6) is 0 Å². The highest BCUT2D eigenvalue weighted by Crippen LogP contribution is 2.33. The van der Waals surface area contributed by atoms with Crippen LogP contribution in [0, 0.1) is 11.8 Å². The summed E-state index contributed by atoms with van der Waals surface area (Å²) < 4.78 is 0. The molecule has 0 radical (unpaired) electrons. The molecule has 86 valence electrons. The molecule has 0 spiro atoms. The van der Waals surface area contributed by atoms with Crippen molar-refractivity contribution in [3.63, 3.8) is 0 Å². The van der Waals surface area contributed by atoms with Gasteiger partial charge in [-0.05, 0) is 24.7 Å². The van der Waals surface area contributed by atoms with E-state index in [-0.39, 0.29) is 0 Å². The molecule has 0 aliphatic carbocycles. The number of aromatic amines is 1. The van der Waals surface area contributed by atoms with E-state index in [1.54, 1.807) is 6.20 Å². The summed E-state index contributed by atoms with van der Waals surface area (Å²) in [5.41, 5.74) is -0.181. The summed E-state index contributed by atoms with van der Waals surface area (Å²) in [5, 5.41) is 20.9. The third kappa shape index (κ3) is 3.30. The zero-order valence-corrected chi connectivity index (χ0v) is 9.99. The molecular formula is C11H21N3O. The lowest BCUT2D eigenvalue weighted by atomic mass is 9.83. The van der Waals surface area contributed by atoms with Crippen molar-refractivity contribution in [3.8, 4) is 0 Å². The van der Waals surface area contributed by atoms with Gasteiger partial charge in [0, 0.05) is 0 Å². The van der Waals surface area contributed by atoms with Gasteiger partial charge in [0.05, 0.1) is 6.20 Å². The Labute approximate surface area is 91.1 Å². The highest BCUT2D eigenvalue weighted by atomic mass is 16.3. The van der Waals surface area contributed by atoms with Gasteiger partial charge in [-0.3, -0.25) is 0 Å². The van der Waals surface area contributed by atoms with E-state index in [1.807, 2.05) is 0 Å². The summed E-state index contributed by atoms with van der Waals surface area (Å²) in [7, 11) is 0. The van der Waals surface area contributed by atoms with Gasteiger partial charge in [-0.25, -0.2) is 0 Å². The fourth-order valence-corrected chi connectivity index (χ4v) is 2.07. The maximum absolute atomic E-state index is 10.6. The third-order valence-electron chi connectivity index (χ3n) is 2.38. The lowest BCUT2D eigenvalue weighted by Gasteiger charge is -2.29. The number of rotatable bonds is 5. The van der Waals surface area contributed by atoms with Crippen LogP contribution in [0.4, 0.5) is 0 Å². The summed E-state index contributed by atoms with van der Waals surface area (Å²) in [5.74, 6) is 0.871. The molecule has 0 saturated carbocycles. The molecule has 4 heteroatoms. The monoisotopic (exact) mass is 211 g/mol. The summed E-state index contributed by atoms with van der Waals surface area (Å²) in [6.07, 6.45) is 3.06. The first-order valence-electron chi connectivity index (χ1n) is 5.52. The molecule has 1 aromatic rings. The fraction of sp³-hybridized carbons (Fsp3) is 0.818. The van der Waals surface area contributed by atoms with Crippen molar-refractivity contribution in [1.82, 2.24) is 15.4 Å². The van der Waals surface area contributed by atoms with E-state index in [9.17, 15) is 5.11 Å². The number of aliphatic hydroxyl groups is 1. The largest absolute Gasteiger partial charge is 0.383 e. The quantitative estimate of drug-likeness (QED) is 0.784. The predicted molar refractivity (Wildman–Crippen MR) is 59.2 cm³/mol. The molecular weight excluding hydrogens is 190 g/mol. The Balaban J connectivity index is 2.85. The minimum atomic E-state index is -0.838. The molecule has 0 amide bonds. The van der Waals surface area contributed by atoms with Crippen LogP contribution in [-0.2, 0) is 5.60 Å². The smallest absolute Gasteiger partial charge is 0.114 e. The van der Waals surface area contributed by atoms with Crippen LogP contribution in [0.1, 0.15) is 46.2 Å². The first-order chi connectivity index (χ1) is 6.94. The van der Waals surface area contributed by atoms with E-state index in [0.717, 1.165) is 12.8 Å². The lowest BCUT2D eigenvalue weighted by molar-refractivity contribution is -0.00852. The molecule has 0 fully saturated rings. The standard InChI is InChI=1S/C11H21N3O/c1-8(2)5-11(15,6-9(3)4)10-7-12-14-13-10/h7-9,15H,5-6H2,1-4H3,(H,12,13,14). The SMILES string of the molecule is CC(C)CC(O)(CC(C)C)c1cn[nH]n1. The molecule has 0 unspecified atom stereocenters. The van der Waals surface area contributed by atoms with Crippen LogP contribution in [0.25, 0.3) is 0 Å². The first kappa shape index (κ1) is 12.2. The Morgan fingerprint density at radius 2 is 1.80 bits per heavy atom. The fourth-order valence-electron chi connectivity index (χ4n) is 2.07. The molecule has 0 aromatic carbocycles. The molecule has 0 atom stereocenters. The Hall–Kier alpha value is -0.900. The van der Waals surface area contributed by atoms with Crippen molar-refractivity contribution in [1.29, 1.82) is 0 Å². The maximum atomic E-state index is 10.6. The van der Waals surface area contributed by atoms with E-state index in [2.05, 4.69) is 43.1 Å². The minimum Gasteiger partial charge on any atom is -0.383 e. The van der Waals surface area contributed by atoms with Gasteiger partial charge in [0.15, 0.2) is 0 Å². The number of nitrogens with one attached hydrogen (secondary N) is 1. The van der Waals surface area contributed by atoms with Crippen LogP contribution in [-0.4, -0.2) is 20.5 Å². The molecule has 0 bridgehead atoms. The Bertz CT molecular complexity index is 270. The topological polar surface area (TPSA) is 61.8 Å². The number of aromatic nitrogens is 3. The van der Waals surface area contributed by atoms with Crippen LogP contribution in [0.2, 0.25) is 0 Å². The Morgan fingerprint density at radius 3 is 2.13 bits per heavy atom. The van der Waals surface area contributed by atoms with Crippen molar-refractivity contribution >= 4 is 0 Å². The molecule has 15 heavy (non-hydrogen) atoms. The van der Waals surface area contributed by atoms with Gasteiger partial charge >= 0.3 is 0 Å². The Morgan fingerprint density at radius 1 is 1.27 bits per heavy atom. The zero-order valence-electron chi connectivity index (χ0n) is 9.99. The average molecular weight is 211 g/mol. The van der Waals surface area contributed by atoms with Crippen molar-refractivity contribution < 1.29 is 5.11 Å². The highest BCUT2D eigenvalue weighted by Gasteiger charge is 2.33. The van der Waals surface area contributed by atoms with Crippen molar-refractivity contribution in [2.24, 2.45) is 11.8 Å².